The summed E-state index contributed by atoms with van der Waals surface area (Å²) in [6.07, 6.45) is 3.83. The Hall–Kier alpha value is -2.57. The van der Waals surface area contributed by atoms with Crippen LogP contribution in [0.15, 0.2) is 41.7 Å². The van der Waals surface area contributed by atoms with E-state index in [1.807, 2.05) is 36.1 Å². The predicted molar refractivity (Wildman–Crippen MR) is 93.6 cm³/mol. The summed E-state index contributed by atoms with van der Waals surface area (Å²) in [5, 5.41) is 4.23. The van der Waals surface area contributed by atoms with Gasteiger partial charge in [-0.15, -0.1) is 0 Å². The van der Waals surface area contributed by atoms with Crippen molar-refractivity contribution in [2.45, 2.75) is 13.5 Å². The first-order valence-electron chi connectivity index (χ1n) is 8.16. The molecule has 1 aromatic carbocycles. The number of rotatable bonds is 4. The first-order valence-corrected chi connectivity index (χ1v) is 8.16. The van der Waals surface area contributed by atoms with Gasteiger partial charge in [-0.2, -0.15) is 5.10 Å². The summed E-state index contributed by atoms with van der Waals surface area (Å²) in [6, 6.07) is 6.62. The zero-order chi connectivity index (χ0) is 16.9. The highest BCUT2D eigenvalue weighted by Gasteiger charge is 2.18. The number of aromatic nitrogens is 2. The van der Waals surface area contributed by atoms with Gasteiger partial charge < -0.3 is 15.5 Å². The summed E-state index contributed by atoms with van der Waals surface area (Å²) in [6.45, 7) is 6.68. The minimum atomic E-state index is -0.207. The fraction of sp³-hybridized carbons (Fsp3) is 0.412. The second kappa shape index (κ2) is 7.33. The Kier molecular flexibility index (Phi) is 4.98. The average Bonchev–Trinajstić information content (AvgIpc) is 3.01. The predicted octanol–water partition coefficient (Wildman–Crippen LogP) is 1.47. The third-order valence-corrected chi connectivity index (χ3v) is 4.16. The van der Waals surface area contributed by atoms with Crippen molar-refractivity contribution in [3.8, 4) is 0 Å². The van der Waals surface area contributed by atoms with Crippen LogP contribution in [0, 0.1) is 12.7 Å². The number of aliphatic imine (C=N–C) groups is 1. The van der Waals surface area contributed by atoms with E-state index in [9.17, 15) is 4.39 Å². The Morgan fingerprint density at radius 1 is 1.21 bits per heavy atom. The molecule has 128 valence electrons. The number of hydrogen-bond donors (Lipinski definition) is 1. The Labute approximate surface area is 141 Å². The van der Waals surface area contributed by atoms with Crippen LogP contribution in [0.25, 0.3) is 0 Å². The Morgan fingerprint density at radius 3 is 2.54 bits per heavy atom. The molecule has 24 heavy (non-hydrogen) atoms. The number of piperazine rings is 1. The van der Waals surface area contributed by atoms with E-state index in [1.54, 1.807) is 0 Å². The molecule has 0 atom stereocenters. The molecular weight excluding hydrogens is 307 g/mol. The van der Waals surface area contributed by atoms with Crippen molar-refractivity contribution in [3.05, 3.63) is 48.0 Å². The van der Waals surface area contributed by atoms with E-state index in [-0.39, 0.29) is 5.82 Å². The second-order valence-electron chi connectivity index (χ2n) is 5.97. The van der Waals surface area contributed by atoms with Gasteiger partial charge >= 0.3 is 0 Å². The van der Waals surface area contributed by atoms with Gasteiger partial charge in [-0.05, 0) is 36.8 Å². The number of hydrogen-bond acceptors (Lipinski definition) is 3. The Bertz CT molecular complexity index is 685. The number of guanidine groups is 1. The van der Waals surface area contributed by atoms with Crippen molar-refractivity contribution >= 4 is 11.6 Å². The molecule has 1 aromatic heterocycles. The van der Waals surface area contributed by atoms with Crippen LogP contribution in [-0.4, -0.2) is 53.4 Å². The molecule has 2 N–H and O–H groups in total. The van der Waals surface area contributed by atoms with Crippen molar-refractivity contribution in [2.24, 2.45) is 10.7 Å². The van der Waals surface area contributed by atoms with E-state index in [1.165, 1.54) is 12.1 Å². The van der Waals surface area contributed by atoms with Gasteiger partial charge in [0.05, 0.1) is 19.3 Å². The summed E-state index contributed by atoms with van der Waals surface area (Å²) in [5.74, 6) is 0.374. The lowest BCUT2D eigenvalue weighted by atomic mass is 10.2. The lowest BCUT2D eigenvalue weighted by molar-refractivity contribution is 0.380. The summed E-state index contributed by atoms with van der Waals surface area (Å²) in [7, 11) is 0. The van der Waals surface area contributed by atoms with Crippen molar-refractivity contribution in [3.63, 3.8) is 0 Å². The number of aryl methyl sites for hydroxylation is 1. The molecule has 0 unspecified atom stereocenters. The normalized spacial score (nSPS) is 15.8. The van der Waals surface area contributed by atoms with Crippen LogP contribution in [0.3, 0.4) is 0 Å². The summed E-state index contributed by atoms with van der Waals surface area (Å²) >= 11 is 0. The molecule has 1 fully saturated rings. The summed E-state index contributed by atoms with van der Waals surface area (Å²) < 4.78 is 14.9. The van der Waals surface area contributed by atoms with Crippen LogP contribution in [0.5, 0.6) is 0 Å². The largest absolute Gasteiger partial charge is 0.370 e. The second-order valence-corrected chi connectivity index (χ2v) is 5.97. The standard InChI is InChI=1S/C17H23FN6/c1-14-12-21-24(13-14)7-6-20-17(19)23-10-8-22(9-11-23)16-4-2-15(18)3-5-16/h2-5,12-13H,6-11H2,1H3,(H2,19,20). The van der Waals surface area contributed by atoms with Crippen LogP contribution in [0.1, 0.15) is 5.56 Å². The Morgan fingerprint density at radius 2 is 1.92 bits per heavy atom. The molecule has 1 saturated heterocycles. The van der Waals surface area contributed by atoms with Crippen molar-refractivity contribution in [2.75, 3.05) is 37.6 Å². The monoisotopic (exact) mass is 330 g/mol. The van der Waals surface area contributed by atoms with Gasteiger partial charge in [0.2, 0.25) is 0 Å². The SMILES string of the molecule is Cc1cnn(CCN=C(N)N2CCN(c3ccc(F)cc3)CC2)c1. The molecule has 0 spiro atoms. The van der Waals surface area contributed by atoms with E-state index >= 15 is 0 Å². The zero-order valence-corrected chi connectivity index (χ0v) is 13.9. The highest BCUT2D eigenvalue weighted by molar-refractivity contribution is 5.78. The number of anilines is 1. The van der Waals surface area contributed by atoms with Gasteiger partial charge in [0.1, 0.15) is 5.82 Å². The van der Waals surface area contributed by atoms with E-state index in [2.05, 4.69) is 19.9 Å². The Balaban J connectivity index is 1.48. The van der Waals surface area contributed by atoms with Gasteiger partial charge in [-0.1, -0.05) is 0 Å². The smallest absolute Gasteiger partial charge is 0.191 e. The van der Waals surface area contributed by atoms with Gasteiger partial charge in [0.15, 0.2) is 5.96 Å². The number of benzene rings is 1. The van der Waals surface area contributed by atoms with E-state index < -0.39 is 0 Å². The number of nitrogens with zero attached hydrogens (tertiary/aromatic N) is 5. The summed E-state index contributed by atoms with van der Waals surface area (Å²) in [4.78, 5) is 8.78. The van der Waals surface area contributed by atoms with Crippen LogP contribution >= 0.6 is 0 Å². The molecule has 0 radical (unpaired) electrons. The maximum atomic E-state index is 13.0. The van der Waals surface area contributed by atoms with Crippen LogP contribution < -0.4 is 10.6 Å². The molecule has 1 aliphatic rings. The van der Waals surface area contributed by atoms with Crippen LogP contribution in [0.2, 0.25) is 0 Å². The van der Waals surface area contributed by atoms with Gasteiger partial charge in [0, 0.05) is 38.1 Å². The minimum Gasteiger partial charge on any atom is -0.370 e. The molecule has 1 aliphatic heterocycles. The highest BCUT2D eigenvalue weighted by Crippen LogP contribution is 2.16. The highest BCUT2D eigenvalue weighted by atomic mass is 19.1. The molecule has 6 nitrogen and oxygen atoms in total. The molecule has 0 aliphatic carbocycles. The molecule has 2 aromatic rings. The molecule has 0 bridgehead atoms. The maximum Gasteiger partial charge on any atom is 0.191 e. The fourth-order valence-corrected chi connectivity index (χ4v) is 2.80. The van der Waals surface area contributed by atoms with Gasteiger partial charge in [-0.25, -0.2) is 4.39 Å². The van der Waals surface area contributed by atoms with Crippen LogP contribution in [-0.2, 0) is 6.54 Å². The lowest BCUT2D eigenvalue weighted by Gasteiger charge is -2.36. The fourth-order valence-electron chi connectivity index (χ4n) is 2.80. The van der Waals surface area contributed by atoms with Crippen LogP contribution in [0.4, 0.5) is 10.1 Å². The zero-order valence-electron chi connectivity index (χ0n) is 13.9. The molecule has 0 saturated carbocycles. The first kappa shape index (κ1) is 16.3. The first-order chi connectivity index (χ1) is 11.6. The van der Waals surface area contributed by atoms with Crippen molar-refractivity contribution < 1.29 is 4.39 Å². The number of nitrogens with two attached hydrogens (primary N) is 1. The van der Waals surface area contributed by atoms with Gasteiger partial charge in [-0.3, -0.25) is 9.67 Å². The molecule has 7 heteroatoms. The maximum absolute atomic E-state index is 13.0. The quantitative estimate of drug-likeness (QED) is 0.681. The number of halogens is 1. The topological polar surface area (TPSA) is 62.7 Å². The molecule has 2 heterocycles. The van der Waals surface area contributed by atoms with Crippen molar-refractivity contribution in [1.82, 2.24) is 14.7 Å². The molecule has 3 rings (SSSR count). The van der Waals surface area contributed by atoms with Gasteiger partial charge in [0.25, 0.3) is 0 Å². The lowest BCUT2D eigenvalue weighted by Crippen LogP contribution is -2.51. The van der Waals surface area contributed by atoms with E-state index in [4.69, 9.17) is 5.73 Å². The van der Waals surface area contributed by atoms with E-state index in [0.29, 0.717) is 12.5 Å². The average molecular weight is 330 g/mol. The third-order valence-electron chi connectivity index (χ3n) is 4.16. The van der Waals surface area contributed by atoms with E-state index in [0.717, 1.165) is 44.0 Å². The summed E-state index contributed by atoms with van der Waals surface area (Å²) in [5.41, 5.74) is 8.28. The molecular formula is C17H23FN6. The van der Waals surface area contributed by atoms with Crippen molar-refractivity contribution in [1.29, 1.82) is 0 Å². The third kappa shape index (κ3) is 4.04. The minimum absolute atomic E-state index is 0.207. The molecule has 0 amide bonds.